The number of aromatic nitrogens is 1. The molecule has 0 saturated heterocycles. The van der Waals surface area contributed by atoms with Crippen LogP contribution in [0.5, 0.6) is 0 Å². The van der Waals surface area contributed by atoms with Gasteiger partial charge in [0.1, 0.15) is 0 Å². The van der Waals surface area contributed by atoms with Gasteiger partial charge in [0.15, 0.2) is 10.2 Å². The molecule has 0 fully saturated rings. The molecule has 2 aromatic rings. The van der Waals surface area contributed by atoms with Crippen molar-refractivity contribution >= 4 is 51.6 Å². The zero-order valence-electron chi connectivity index (χ0n) is 14.9. The Kier molecular flexibility index (Phi) is 6.99. The van der Waals surface area contributed by atoms with Gasteiger partial charge in [-0.3, -0.25) is 15.1 Å². The Hall–Kier alpha value is -2.58. The third-order valence-corrected chi connectivity index (χ3v) is 4.61. The number of hydrogen-bond donors (Lipinski definition) is 2. The van der Waals surface area contributed by atoms with Crippen molar-refractivity contribution in [1.82, 2.24) is 15.7 Å². The highest BCUT2D eigenvalue weighted by atomic mass is 32.1. The van der Waals surface area contributed by atoms with Crippen LogP contribution in [0.4, 0.5) is 10.8 Å². The molecule has 1 heterocycles. The smallest absolute Gasteiger partial charge is 0.230 e. The lowest BCUT2D eigenvalue weighted by molar-refractivity contribution is -0.115. The third-order valence-electron chi connectivity index (χ3n) is 3.53. The molecular formula is C18H21N5OS2. The lowest BCUT2D eigenvalue weighted by Gasteiger charge is -2.19. The number of amides is 1. The molecule has 8 heteroatoms. The minimum absolute atomic E-state index is 0.0981. The first-order valence-electron chi connectivity index (χ1n) is 7.93. The Labute approximate surface area is 162 Å². The summed E-state index contributed by atoms with van der Waals surface area (Å²) in [7, 11) is 0. The molecule has 2 N–H and O–H groups in total. The fourth-order valence-electron chi connectivity index (χ4n) is 2.09. The zero-order valence-corrected chi connectivity index (χ0v) is 16.6. The van der Waals surface area contributed by atoms with Crippen molar-refractivity contribution < 1.29 is 4.79 Å². The van der Waals surface area contributed by atoms with Crippen LogP contribution in [0.1, 0.15) is 23.7 Å². The Bertz CT molecular complexity index is 844. The predicted octanol–water partition coefficient (Wildman–Crippen LogP) is 3.43. The van der Waals surface area contributed by atoms with Crippen molar-refractivity contribution in [3.05, 3.63) is 53.1 Å². The van der Waals surface area contributed by atoms with Crippen LogP contribution in [-0.4, -0.2) is 28.8 Å². The summed E-state index contributed by atoms with van der Waals surface area (Å²) in [6, 6.07) is 5.90. The number of hydrogen-bond acceptors (Lipinski definition) is 5. The van der Waals surface area contributed by atoms with Crippen LogP contribution in [0.3, 0.4) is 0 Å². The van der Waals surface area contributed by atoms with Gasteiger partial charge in [0.05, 0.1) is 17.6 Å². The molecule has 0 saturated carbocycles. The van der Waals surface area contributed by atoms with E-state index >= 15 is 0 Å². The molecule has 0 aliphatic rings. The topological polar surface area (TPSA) is 69.6 Å². The maximum atomic E-state index is 12.2. The van der Waals surface area contributed by atoms with E-state index in [2.05, 4.69) is 27.4 Å². The number of carbonyl (C=O) groups is 1. The molecule has 1 aromatic heterocycles. The zero-order chi connectivity index (χ0) is 19.1. The summed E-state index contributed by atoms with van der Waals surface area (Å²) in [6.07, 6.45) is 3.26. The highest BCUT2D eigenvalue weighted by molar-refractivity contribution is 7.80. The maximum absolute atomic E-state index is 12.2. The van der Waals surface area contributed by atoms with Gasteiger partial charge < -0.3 is 5.32 Å². The second-order valence-electron chi connectivity index (χ2n) is 5.55. The van der Waals surface area contributed by atoms with E-state index in [1.54, 1.807) is 17.2 Å². The molecule has 1 amide bonds. The minimum atomic E-state index is -0.0981. The van der Waals surface area contributed by atoms with Crippen molar-refractivity contribution in [3.8, 4) is 0 Å². The lowest BCUT2D eigenvalue weighted by Crippen LogP contribution is -2.31. The number of anilines is 2. The number of thiocarbonyl (C=S) groups is 1. The predicted molar refractivity (Wildman–Crippen MR) is 112 cm³/mol. The molecule has 136 valence electrons. The molecule has 1 aromatic carbocycles. The van der Waals surface area contributed by atoms with Crippen LogP contribution in [0, 0.1) is 13.8 Å². The summed E-state index contributed by atoms with van der Waals surface area (Å²) in [5.74, 6) is -0.0981. The summed E-state index contributed by atoms with van der Waals surface area (Å²) >= 11 is 6.42. The highest BCUT2D eigenvalue weighted by Gasteiger charge is 2.18. The fourth-order valence-corrected chi connectivity index (χ4v) is 3.06. The monoisotopic (exact) mass is 387 g/mol. The van der Waals surface area contributed by atoms with Crippen LogP contribution in [0.25, 0.3) is 0 Å². The maximum Gasteiger partial charge on any atom is 0.230 e. The van der Waals surface area contributed by atoms with Gasteiger partial charge in [0.2, 0.25) is 5.91 Å². The molecule has 26 heavy (non-hydrogen) atoms. The standard InChI is InChI=1S/C18H21N5OS2/c1-5-8-19-17(25)22-20-10-15-11-26-18(21-15)23(14(4)24)16-7-6-12(2)13(3)9-16/h5-7,9-11H,1,8H2,2-4H3,(H2,19,22,25)/b20-10-. The number of carbonyl (C=O) groups excluding carboxylic acids is 1. The summed E-state index contributed by atoms with van der Waals surface area (Å²) in [5, 5.41) is 9.77. The Morgan fingerprint density at radius 1 is 1.42 bits per heavy atom. The Morgan fingerprint density at radius 3 is 2.85 bits per heavy atom. The van der Waals surface area contributed by atoms with E-state index in [4.69, 9.17) is 12.2 Å². The molecule has 0 unspecified atom stereocenters. The van der Waals surface area contributed by atoms with Gasteiger partial charge in [-0.2, -0.15) is 5.10 Å². The second kappa shape index (κ2) is 9.21. The normalized spacial score (nSPS) is 10.6. The number of rotatable bonds is 6. The van der Waals surface area contributed by atoms with E-state index in [1.807, 2.05) is 37.4 Å². The van der Waals surface area contributed by atoms with Crippen molar-refractivity contribution in [3.63, 3.8) is 0 Å². The van der Waals surface area contributed by atoms with Gasteiger partial charge in [-0.05, 0) is 49.3 Å². The quantitative estimate of drug-likeness (QED) is 0.344. The van der Waals surface area contributed by atoms with Crippen molar-refractivity contribution in [2.24, 2.45) is 5.10 Å². The lowest BCUT2D eigenvalue weighted by atomic mass is 10.1. The van der Waals surface area contributed by atoms with Crippen LogP contribution in [0.15, 0.2) is 41.3 Å². The van der Waals surface area contributed by atoms with Crippen LogP contribution in [0.2, 0.25) is 0 Å². The molecule has 0 atom stereocenters. The van der Waals surface area contributed by atoms with Crippen molar-refractivity contribution in [2.45, 2.75) is 20.8 Å². The summed E-state index contributed by atoms with van der Waals surface area (Å²) in [6.45, 7) is 9.74. The summed E-state index contributed by atoms with van der Waals surface area (Å²) < 4.78 is 0. The average Bonchev–Trinajstić information content (AvgIpc) is 3.04. The van der Waals surface area contributed by atoms with Gasteiger partial charge in [0.25, 0.3) is 0 Å². The largest absolute Gasteiger partial charge is 0.358 e. The third kappa shape index (κ3) is 5.21. The SMILES string of the molecule is C=CCNC(=S)N/N=C\c1csc(N(C(C)=O)c2ccc(C)c(C)c2)n1. The van der Waals surface area contributed by atoms with E-state index in [0.29, 0.717) is 22.5 Å². The highest BCUT2D eigenvalue weighted by Crippen LogP contribution is 2.29. The van der Waals surface area contributed by atoms with E-state index in [9.17, 15) is 4.79 Å². The molecule has 0 bridgehead atoms. The molecule has 2 rings (SSSR count). The number of nitrogens with zero attached hydrogens (tertiary/aromatic N) is 3. The molecule has 0 aliphatic carbocycles. The minimum Gasteiger partial charge on any atom is -0.358 e. The van der Waals surface area contributed by atoms with E-state index in [1.165, 1.54) is 23.8 Å². The van der Waals surface area contributed by atoms with Crippen molar-refractivity contribution in [2.75, 3.05) is 11.4 Å². The summed E-state index contributed by atoms with van der Waals surface area (Å²) in [4.78, 5) is 18.2. The van der Waals surface area contributed by atoms with Crippen LogP contribution in [-0.2, 0) is 4.79 Å². The first-order valence-corrected chi connectivity index (χ1v) is 9.22. The number of nitrogens with one attached hydrogen (secondary N) is 2. The van der Waals surface area contributed by atoms with Crippen LogP contribution < -0.4 is 15.6 Å². The number of hydrazone groups is 1. The number of thiazole rings is 1. The van der Waals surface area contributed by atoms with Crippen LogP contribution >= 0.6 is 23.6 Å². The van der Waals surface area contributed by atoms with Gasteiger partial charge in [-0.1, -0.05) is 12.1 Å². The van der Waals surface area contributed by atoms with E-state index in [-0.39, 0.29) is 5.91 Å². The van der Waals surface area contributed by atoms with Gasteiger partial charge >= 0.3 is 0 Å². The average molecular weight is 388 g/mol. The summed E-state index contributed by atoms with van der Waals surface area (Å²) in [5.41, 5.74) is 6.43. The van der Waals surface area contributed by atoms with Gasteiger partial charge in [0, 0.05) is 18.8 Å². The molecule has 6 nitrogen and oxygen atoms in total. The second-order valence-corrected chi connectivity index (χ2v) is 6.79. The van der Waals surface area contributed by atoms with Gasteiger partial charge in [-0.15, -0.1) is 17.9 Å². The van der Waals surface area contributed by atoms with E-state index in [0.717, 1.165) is 11.3 Å². The van der Waals surface area contributed by atoms with Crippen molar-refractivity contribution in [1.29, 1.82) is 0 Å². The Morgan fingerprint density at radius 2 is 2.19 bits per heavy atom. The molecule has 0 spiro atoms. The van der Waals surface area contributed by atoms with E-state index < -0.39 is 0 Å². The first kappa shape index (κ1) is 19.7. The number of aryl methyl sites for hydroxylation is 2. The molecule has 0 radical (unpaired) electrons. The van der Waals surface area contributed by atoms with Gasteiger partial charge in [-0.25, -0.2) is 4.98 Å². The molecule has 0 aliphatic heterocycles. The fraction of sp³-hybridized carbons (Fsp3) is 0.222. The molecular weight excluding hydrogens is 366 g/mol. The Balaban J connectivity index is 2.14. The first-order chi connectivity index (χ1) is 12.4. The number of benzene rings is 1.